The Bertz CT molecular complexity index is 676. The van der Waals surface area contributed by atoms with Gasteiger partial charge in [0.25, 0.3) is 0 Å². The minimum Gasteiger partial charge on any atom is -0.466 e. The number of nitrogens with one attached hydrogen (secondary N) is 1. The van der Waals surface area contributed by atoms with Gasteiger partial charge < -0.3 is 14.6 Å². The van der Waals surface area contributed by atoms with E-state index < -0.39 is 0 Å². The van der Waals surface area contributed by atoms with Crippen LogP contribution in [0.5, 0.6) is 0 Å². The average molecular weight is 316 g/mol. The molecule has 2 rings (SSSR count). The molecular weight excluding hydrogens is 292 g/mol. The second-order valence-corrected chi connectivity index (χ2v) is 5.50. The van der Waals surface area contributed by atoms with Crippen LogP contribution >= 0.6 is 0 Å². The molecule has 0 atom stereocenters. The Labute approximate surface area is 136 Å². The third kappa shape index (κ3) is 4.84. The number of carbonyl (C=O) groups excluding carboxylic acids is 2. The second-order valence-electron chi connectivity index (χ2n) is 5.50. The molecule has 1 N–H and O–H groups in total. The number of hydrogen-bond donors (Lipinski definition) is 1. The first-order chi connectivity index (χ1) is 11.1. The zero-order valence-corrected chi connectivity index (χ0v) is 13.8. The van der Waals surface area contributed by atoms with Gasteiger partial charge in [-0.25, -0.2) is 0 Å². The van der Waals surface area contributed by atoms with Gasteiger partial charge in [0.05, 0.1) is 13.0 Å². The van der Waals surface area contributed by atoms with Gasteiger partial charge in [-0.05, 0) is 37.8 Å². The molecule has 2 aromatic rings. The highest BCUT2D eigenvalue weighted by molar-refractivity contribution is 5.81. The summed E-state index contributed by atoms with van der Waals surface area (Å²) < 4.78 is 7.06. The molecule has 5 nitrogen and oxygen atoms in total. The Morgan fingerprint density at radius 1 is 1.22 bits per heavy atom. The van der Waals surface area contributed by atoms with Crippen molar-refractivity contribution in [3.8, 4) is 0 Å². The Morgan fingerprint density at radius 3 is 2.78 bits per heavy atom. The minimum atomic E-state index is -0.322. The van der Waals surface area contributed by atoms with E-state index in [1.54, 1.807) is 6.92 Å². The molecule has 0 bridgehead atoms. The highest BCUT2D eigenvalue weighted by Gasteiger charge is 2.08. The van der Waals surface area contributed by atoms with Gasteiger partial charge in [-0.3, -0.25) is 9.59 Å². The quantitative estimate of drug-likeness (QED) is 0.602. The van der Waals surface area contributed by atoms with Crippen LogP contribution in [0.3, 0.4) is 0 Å². The SMILES string of the molecule is CCOC(=O)CCC(=O)NCCCn1c(C)cc2ccccc21. The fourth-order valence-electron chi connectivity index (χ4n) is 2.65. The molecule has 0 aliphatic rings. The number of nitrogens with zero attached hydrogens (tertiary/aromatic N) is 1. The Morgan fingerprint density at radius 2 is 2.00 bits per heavy atom. The van der Waals surface area contributed by atoms with Crippen molar-refractivity contribution in [1.29, 1.82) is 0 Å². The van der Waals surface area contributed by atoms with E-state index >= 15 is 0 Å². The smallest absolute Gasteiger partial charge is 0.306 e. The molecule has 0 saturated heterocycles. The van der Waals surface area contributed by atoms with Crippen molar-refractivity contribution in [2.45, 2.75) is 39.7 Å². The molecule has 1 aromatic carbocycles. The molecule has 1 aromatic heterocycles. The van der Waals surface area contributed by atoms with E-state index in [9.17, 15) is 9.59 Å². The number of amides is 1. The van der Waals surface area contributed by atoms with Crippen LogP contribution in [0.1, 0.15) is 31.9 Å². The predicted octanol–water partition coefficient (Wildman–Crippen LogP) is 2.80. The number of carbonyl (C=O) groups is 2. The third-order valence-electron chi connectivity index (χ3n) is 3.76. The largest absolute Gasteiger partial charge is 0.466 e. The molecule has 1 heterocycles. The highest BCUT2D eigenvalue weighted by Crippen LogP contribution is 2.19. The van der Waals surface area contributed by atoms with Crippen LogP contribution in [0.15, 0.2) is 30.3 Å². The van der Waals surface area contributed by atoms with Crippen LogP contribution in [0.2, 0.25) is 0 Å². The zero-order chi connectivity index (χ0) is 16.7. The van der Waals surface area contributed by atoms with Gasteiger partial charge in [0.1, 0.15) is 0 Å². The number of fused-ring (bicyclic) bond motifs is 1. The monoisotopic (exact) mass is 316 g/mol. The number of rotatable bonds is 8. The number of hydrogen-bond acceptors (Lipinski definition) is 3. The third-order valence-corrected chi connectivity index (χ3v) is 3.76. The van der Waals surface area contributed by atoms with E-state index in [1.807, 2.05) is 12.1 Å². The molecule has 0 aliphatic carbocycles. The summed E-state index contributed by atoms with van der Waals surface area (Å²) in [4.78, 5) is 22.9. The molecule has 0 fully saturated rings. The lowest BCUT2D eigenvalue weighted by Gasteiger charge is -2.09. The first-order valence-corrected chi connectivity index (χ1v) is 8.09. The first kappa shape index (κ1) is 17.1. The fourth-order valence-corrected chi connectivity index (χ4v) is 2.65. The molecule has 124 valence electrons. The summed E-state index contributed by atoms with van der Waals surface area (Å²) in [7, 11) is 0. The van der Waals surface area contributed by atoms with Gasteiger partial charge in [0, 0.05) is 30.7 Å². The van der Waals surface area contributed by atoms with E-state index in [4.69, 9.17) is 4.74 Å². The highest BCUT2D eigenvalue weighted by atomic mass is 16.5. The van der Waals surface area contributed by atoms with Crippen LogP contribution in [-0.4, -0.2) is 29.6 Å². The summed E-state index contributed by atoms with van der Waals surface area (Å²) in [6.07, 6.45) is 1.18. The number of aryl methyl sites for hydroxylation is 2. The molecule has 5 heteroatoms. The summed E-state index contributed by atoms with van der Waals surface area (Å²) in [6.45, 7) is 5.67. The minimum absolute atomic E-state index is 0.105. The van der Waals surface area contributed by atoms with Gasteiger partial charge in [0.15, 0.2) is 0 Å². The molecule has 1 amide bonds. The summed E-state index contributed by atoms with van der Waals surface area (Å²) in [5, 5.41) is 4.09. The van der Waals surface area contributed by atoms with Crippen LogP contribution in [0.4, 0.5) is 0 Å². The number of para-hydroxylation sites is 1. The molecule has 0 saturated carbocycles. The summed E-state index contributed by atoms with van der Waals surface area (Å²) in [5.74, 6) is -0.427. The number of ether oxygens (including phenoxy) is 1. The second kappa shape index (κ2) is 8.36. The van der Waals surface area contributed by atoms with E-state index in [0.29, 0.717) is 13.2 Å². The van der Waals surface area contributed by atoms with Crippen LogP contribution in [0, 0.1) is 6.92 Å². The van der Waals surface area contributed by atoms with E-state index in [1.165, 1.54) is 16.6 Å². The Kier molecular flexibility index (Phi) is 6.20. The maximum absolute atomic E-state index is 11.7. The van der Waals surface area contributed by atoms with E-state index in [0.717, 1.165) is 13.0 Å². The normalized spacial score (nSPS) is 10.7. The maximum Gasteiger partial charge on any atom is 0.306 e. The van der Waals surface area contributed by atoms with Gasteiger partial charge in [0.2, 0.25) is 5.91 Å². The van der Waals surface area contributed by atoms with Crippen molar-refractivity contribution in [2.75, 3.05) is 13.2 Å². The molecule has 0 aliphatic heterocycles. The number of benzene rings is 1. The average Bonchev–Trinajstić information content (AvgIpc) is 2.85. The lowest BCUT2D eigenvalue weighted by atomic mass is 10.2. The standard InChI is InChI=1S/C18H24N2O3/c1-3-23-18(22)10-9-17(21)19-11-6-12-20-14(2)13-15-7-4-5-8-16(15)20/h4-5,7-8,13H,3,6,9-12H2,1-2H3,(H,19,21). The van der Waals surface area contributed by atoms with E-state index in [-0.39, 0.29) is 24.7 Å². The topological polar surface area (TPSA) is 60.3 Å². The zero-order valence-electron chi connectivity index (χ0n) is 13.8. The fraction of sp³-hybridized carbons (Fsp3) is 0.444. The van der Waals surface area contributed by atoms with Crippen molar-refractivity contribution in [3.63, 3.8) is 0 Å². The van der Waals surface area contributed by atoms with Crippen molar-refractivity contribution < 1.29 is 14.3 Å². The van der Waals surface area contributed by atoms with Crippen molar-refractivity contribution >= 4 is 22.8 Å². The van der Waals surface area contributed by atoms with Gasteiger partial charge >= 0.3 is 5.97 Å². The van der Waals surface area contributed by atoms with Crippen LogP contribution in [0.25, 0.3) is 10.9 Å². The predicted molar refractivity (Wildman–Crippen MR) is 90.2 cm³/mol. The number of aromatic nitrogens is 1. The lowest BCUT2D eigenvalue weighted by molar-refractivity contribution is -0.144. The Balaban J connectivity index is 1.73. The molecule has 23 heavy (non-hydrogen) atoms. The lowest BCUT2D eigenvalue weighted by Crippen LogP contribution is -2.26. The molecule has 0 radical (unpaired) electrons. The van der Waals surface area contributed by atoms with Crippen LogP contribution in [-0.2, 0) is 20.9 Å². The van der Waals surface area contributed by atoms with Gasteiger partial charge in [-0.15, -0.1) is 0 Å². The molecule has 0 spiro atoms. The molecule has 0 unspecified atom stereocenters. The van der Waals surface area contributed by atoms with Crippen molar-refractivity contribution in [2.24, 2.45) is 0 Å². The van der Waals surface area contributed by atoms with Gasteiger partial charge in [-0.2, -0.15) is 0 Å². The summed E-state index contributed by atoms with van der Waals surface area (Å²) in [5.41, 5.74) is 2.44. The summed E-state index contributed by atoms with van der Waals surface area (Å²) >= 11 is 0. The van der Waals surface area contributed by atoms with Crippen LogP contribution < -0.4 is 5.32 Å². The Hall–Kier alpha value is -2.30. The van der Waals surface area contributed by atoms with Crippen molar-refractivity contribution in [1.82, 2.24) is 9.88 Å². The molecular formula is C18H24N2O3. The van der Waals surface area contributed by atoms with E-state index in [2.05, 4.69) is 35.0 Å². The number of esters is 1. The van der Waals surface area contributed by atoms with Gasteiger partial charge in [-0.1, -0.05) is 18.2 Å². The first-order valence-electron chi connectivity index (χ1n) is 8.09. The summed E-state index contributed by atoms with van der Waals surface area (Å²) in [6, 6.07) is 10.5. The van der Waals surface area contributed by atoms with Crippen molar-refractivity contribution in [3.05, 3.63) is 36.0 Å². The maximum atomic E-state index is 11.7.